The number of halogens is 1. The first-order valence-electron chi connectivity index (χ1n) is 5.86. The third kappa shape index (κ3) is 3.20. The first-order chi connectivity index (χ1) is 8.50. The molecule has 1 aromatic rings. The van der Waals surface area contributed by atoms with Gasteiger partial charge in [0.1, 0.15) is 6.10 Å². The van der Waals surface area contributed by atoms with Gasteiger partial charge in [-0.25, -0.2) is 12.8 Å². The molecule has 2 N–H and O–H groups in total. The Kier molecular flexibility index (Phi) is 3.87. The Labute approximate surface area is 106 Å². The second kappa shape index (κ2) is 5.24. The van der Waals surface area contributed by atoms with E-state index in [4.69, 9.17) is 10.5 Å². The number of nitrogens with two attached hydrogens (primary N) is 1. The van der Waals surface area contributed by atoms with Crippen molar-refractivity contribution in [2.24, 2.45) is 5.73 Å². The van der Waals surface area contributed by atoms with Crippen molar-refractivity contribution in [2.45, 2.75) is 18.9 Å². The molecule has 1 heterocycles. The first-order valence-corrected chi connectivity index (χ1v) is 7.68. The molecule has 4 nitrogen and oxygen atoms in total. The van der Waals surface area contributed by atoms with Gasteiger partial charge >= 0.3 is 0 Å². The van der Waals surface area contributed by atoms with Crippen molar-refractivity contribution in [3.05, 3.63) is 29.6 Å². The van der Waals surface area contributed by atoms with Gasteiger partial charge in [0, 0.05) is 0 Å². The fourth-order valence-electron chi connectivity index (χ4n) is 2.00. The summed E-state index contributed by atoms with van der Waals surface area (Å²) in [5.74, 6) is -0.273. The summed E-state index contributed by atoms with van der Waals surface area (Å²) < 4.78 is 41.6. The van der Waals surface area contributed by atoms with Crippen LogP contribution >= 0.6 is 0 Å². The van der Waals surface area contributed by atoms with Gasteiger partial charge in [-0.05, 0) is 37.1 Å². The van der Waals surface area contributed by atoms with E-state index in [0.29, 0.717) is 19.4 Å². The molecule has 1 unspecified atom stereocenters. The summed E-state index contributed by atoms with van der Waals surface area (Å²) in [6, 6.07) is 4.66. The Bertz CT molecular complexity index is 530. The topological polar surface area (TPSA) is 69.4 Å². The highest BCUT2D eigenvalue weighted by Gasteiger charge is 2.29. The van der Waals surface area contributed by atoms with Gasteiger partial charge in [-0.3, -0.25) is 0 Å². The minimum Gasteiger partial charge on any atom is -0.486 e. The Morgan fingerprint density at radius 2 is 2.22 bits per heavy atom. The summed E-state index contributed by atoms with van der Waals surface area (Å²) >= 11 is 0. The molecular formula is C12H16FNO3S. The normalized spacial score (nSPS) is 22.0. The average Bonchev–Trinajstić information content (AvgIpc) is 2.63. The van der Waals surface area contributed by atoms with Crippen molar-refractivity contribution in [2.75, 3.05) is 18.1 Å². The zero-order valence-corrected chi connectivity index (χ0v) is 10.7. The molecule has 1 aliphatic heterocycles. The predicted octanol–water partition coefficient (Wildman–Crippen LogP) is 0.893. The Morgan fingerprint density at radius 3 is 2.78 bits per heavy atom. The monoisotopic (exact) mass is 273 g/mol. The summed E-state index contributed by atoms with van der Waals surface area (Å²) in [4.78, 5) is 0. The Hall–Kier alpha value is -1.14. The molecule has 1 atom stereocenters. The van der Waals surface area contributed by atoms with Crippen molar-refractivity contribution < 1.29 is 17.5 Å². The molecule has 6 heteroatoms. The maximum absolute atomic E-state index is 13.7. The van der Waals surface area contributed by atoms with Gasteiger partial charge in [0.05, 0.1) is 11.5 Å². The van der Waals surface area contributed by atoms with Crippen LogP contribution in [-0.2, 0) is 16.3 Å². The van der Waals surface area contributed by atoms with E-state index in [-0.39, 0.29) is 17.3 Å². The van der Waals surface area contributed by atoms with Crippen molar-refractivity contribution >= 4 is 9.84 Å². The lowest BCUT2D eigenvalue weighted by atomic mass is 10.1. The van der Waals surface area contributed by atoms with Gasteiger partial charge in [0.2, 0.25) is 0 Å². The molecule has 0 aliphatic carbocycles. The average molecular weight is 273 g/mol. The fourth-order valence-corrected chi connectivity index (χ4v) is 3.59. The predicted molar refractivity (Wildman–Crippen MR) is 66.8 cm³/mol. The highest BCUT2D eigenvalue weighted by molar-refractivity contribution is 7.91. The molecule has 0 spiro atoms. The molecule has 0 saturated carbocycles. The molecule has 1 fully saturated rings. The lowest BCUT2D eigenvalue weighted by Crippen LogP contribution is -2.18. The molecule has 0 amide bonds. The molecule has 1 aromatic carbocycles. The molecule has 18 heavy (non-hydrogen) atoms. The largest absolute Gasteiger partial charge is 0.486 e. The van der Waals surface area contributed by atoms with Gasteiger partial charge in [-0.2, -0.15) is 0 Å². The van der Waals surface area contributed by atoms with Crippen LogP contribution in [0.3, 0.4) is 0 Å². The molecule has 0 radical (unpaired) electrons. The quantitative estimate of drug-likeness (QED) is 0.884. The molecule has 0 aromatic heterocycles. The molecular weight excluding hydrogens is 257 g/mol. The molecule has 1 saturated heterocycles. The highest BCUT2D eigenvalue weighted by Crippen LogP contribution is 2.23. The number of hydrogen-bond acceptors (Lipinski definition) is 4. The van der Waals surface area contributed by atoms with Gasteiger partial charge in [0.15, 0.2) is 21.4 Å². The third-order valence-electron chi connectivity index (χ3n) is 2.91. The highest BCUT2D eigenvalue weighted by atomic mass is 32.2. The SMILES string of the molecule is NCCc1ccc(OC2CCS(=O)(=O)C2)c(F)c1. The van der Waals surface area contributed by atoms with E-state index in [1.54, 1.807) is 6.07 Å². The minimum atomic E-state index is -3.01. The first kappa shape index (κ1) is 13.3. The number of hydrogen-bond donors (Lipinski definition) is 1. The van der Waals surface area contributed by atoms with Crippen LogP contribution in [-0.4, -0.2) is 32.6 Å². The standard InChI is InChI=1S/C12H16FNO3S/c13-11-7-9(3-5-14)1-2-12(11)17-10-4-6-18(15,16)8-10/h1-2,7,10H,3-6,8,14H2. The lowest BCUT2D eigenvalue weighted by molar-refractivity contribution is 0.218. The molecule has 1 aliphatic rings. The van der Waals surface area contributed by atoms with Crippen LogP contribution in [0.2, 0.25) is 0 Å². The second-order valence-electron chi connectivity index (χ2n) is 4.45. The summed E-state index contributed by atoms with van der Waals surface area (Å²) in [5.41, 5.74) is 6.20. The smallest absolute Gasteiger partial charge is 0.165 e. The Morgan fingerprint density at radius 1 is 1.44 bits per heavy atom. The van der Waals surface area contributed by atoms with E-state index >= 15 is 0 Å². The summed E-state index contributed by atoms with van der Waals surface area (Å²) in [5, 5.41) is 0. The van der Waals surface area contributed by atoms with E-state index < -0.39 is 21.8 Å². The van der Waals surface area contributed by atoms with E-state index in [2.05, 4.69) is 0 Å². The zero-order valence-electron chi connectivity index (χ0n) is 9.93. The maximum Gasteiger partial charge on any atom is 0.165 e. The number of ether oxygens (including phenoxy) is 1. The van der Waals surface area contributed by atoms with Crippen LogP contribution in [0.5, 0.6) is 5.75 Å². The number of rotatable bonds is 4. The van der Waals surface area contributed by atoms with E-state index in [1.807, 2.05) is 0 Å². The van der Waals surface area contributed by atoms with Crippen LogP contribution in [0.4, 0.5) is 4.39 Å². The van der Waals surface area contributed by atoms with Gasteiger partial charge in [-0.15, -0.1) is 0 Å². The fraction of sp³-hybridized carbons (Fsp3) is 0.500. The van der Waals surface area contributed by atoms with Gasteiger partial charge in [-0.1, -0.05) is 6.07 Å². The van der Waals surface area contributed by atoms with Gasteiger partial charge < -0.3 is 10.5 Å². The van der Waals surface area contributed by atoms with Crippen LogP contribution < -0.4 is 10.5 Å². The van der Waals surface area contributed by atoms with Crippen LogP contribution in [0.25, 0.3) is 0 Å². The minimum absolute atomic E-state index is 0.0308. The molecule has 100 valence electrons. The van der Waals surface area contributed by atoms with E-state index in [0.717, 1.165) is 5.56 Å². The Balaban J connectivity index is 2.06. The van der Waals surface area contributed by atoms with E-state index in [9.17, 15) is 12.8 Å². The van der Waals surface area contributed by atoms with E-state index in [1.165, 1.54) is 12.1 Å². The zero-order chi connectivity index (χ0) is 13.2. The van der Waals surface area contributed by atoms with Crippen LogP contribution in [0.15, 0.2) is 18.2 Å². The van der Waals surface area contributed by atoms with Crippen molar-refractivity contribution in [1.82, 2.24) is 0 Å². The summed E-state index contributed by atoms with van der Waals surface area (Å²) in [6.45, 7) is 0.459. The summed E-state index contributed by atoms with van der Waals surface area (Å²) in [7, 11) is -3.01. The number of benzene rings is 1. The maximum atomic E-state index is 13.7. The van der Waals surface area contributed by atoms with Crippen molar-refractivity contribution in [3.63, 3.8) is 0 Å². The molecule has 0 bridgehead atoms. The second-order valence-corrected chi connectivity index (χ2v) is 6.68. The van der Waals surface area contributed by atoms with Crippen molar-refractivity contribution in [3.8, 4) is 5.75 Å². The van der Waals surface area contributed by atoms with Gasteiger partial charge in [0.25, 0.3) is 0 Å². The van der Waals surface area contributed by atoms with Crippen LogP contribution in [0, 0.1) is 5.82 Å². The third-order valence-corrected chi connectivity index (χ3v) is 4.65. The van der Waals surface area contributed by atoms with Crippen molar-refractivity contribution in [1.29, 1.82) is 0 Å². The summed E-state index contributed by atoms with van der Waals surface area (Å²) in [6.07, 6.45) is 0.589. The van der Waals surface area contributed by atoms with Crippen LogP contribution in [0.1, 0.15) is 12.0 Å². The number of sulfone groups is 1. The lowest BCUT2D eigenvalue weighted by Gasteiger charge is -2.13. The molecule has 2 rings (SSSR count).